The maximum atomic E-state index is 12.0. The first-order valence-corrected chi connectivity index (χ1v) is 8.81. The molecule has 0 unspecified atom stereocenters. The zero-order valence-electron chi connectivity index (χ0n) is 15.2. The lowest BCUT2D eigenvalue weighted by atomic mass is 10.1. The number of amides is 4. The molecular formula is C20H26N4O2. The van der Waals surface area contributed by atoms with E-state index in [9.17, 15) is 9.59 Å². The Morgan fingerprint density at radius 1 is 0.808 bits per heavy atom. The van der Waals surface area contributed by atoms with Gasteiger partial charge >= 0.3 is 12.1 Å². The van der Waals surface area contributed by atoms with Crippen LogP contribution in [0.5, 0.6) is 0 Å². The fraction of sp³-hybridized carbons (Fsp3) is 0.300. The number of hydrogen-bond acceptors (Lipinski definition) is 2. The van der Waals surface area contributed by atoms with E-state index in [4.69, 9.17) is 0 Å². The van der Waals surface area contributed by atoms with Crippen LogP contribution in [0, 0.1) is 5.92 Å². The van der Waals surface area contributed by atoms with E-state index in [0.717, 1.165) is 12.8 Å². The Hall–Kier alpha value is -3.02. The van der Waals surface area contributed by atoms with Gasteiger partial charge in [0.05, 0.1) is 0 Å². The van der Waals surface area contributed by atoms with Crippen molar-refractivity contribution in [3.05, 3.63) is 54.6 Å². The third kappa shape index (κ3) is 7.25. The average Bonchev–Trinajstić information content (AvgIpc) is 2.59. The molecular weight excluding hydrogens is 328 g/mol. The van der Waals surface area contributed by atoms with Gasteiger partial charge in [-0.25, -0.2) is 9.59 Å². The number of hydrogen-bond donors (Lipinski definition) is 4. The Labute approximate surface area is 154 Å². The molecule has 0 heterocycles. The molecule has 26 heavy (non-hydrogen) atoms. The number of urea groups is 2. The molecule has 0 bridgehead atoms. The lowest BCUT2D eigenvalue weighted by Gasteiger charge is -2.11. The highest BCUT2D eigenvalue weighted by atomic mass is 16.2. The number of nitrogens with one attached hydrogen (secondary N) is 4. The standard InChI is InChI=1S/C20H26N4O2/c1-15(2)8-7-13-21-19(25)23-17-11-6-12-18(14-17)24-20(26)22-16-9-4-3-5-10-16/h3-6,9-12,14-15H,7-8,13H2,1-2H3,(H2,21,23,25)(H2,22,24,26). The smallest absolute Gasteiger partial charge is 0.323 e. The van der Waals surface area contributed by atoms with Gasteiger partial charge in [0.1, 0.15) is 0 Å². The molecule has 0 aliphatic rings. The van der Waals surface area contributed by atoms with Crippen LogP contribution >= 0.6 is 0 Å². The predicted molar refractivity (Wildman–Crippen MR) is 107 cm³/mol. The molecule has 4 N–H and O–H groups in total. The summed E-state index contributed by atoms with van der Waals surface area (Å²) in [6.07, 6.45) is 2.03. The van der Waals surface area contributed by atoms with Gasteiger partial charge in [-0.05, 0) is 49.1 Å². The molecule has 6 heteroatoms. The van der Waals surface area contributed by atoms with Gasteiger partial charge < -0.3 is 21.3 Å². The number of para-hydroxylation sites is 1. The fourth-order valence-corrected chi connectivity index (χ4v) is 2.38. The molecule has 2 aromatic rings. The highest BCUT2D eigenvalue weighted by Crippen LogP contribution is 2.15. The maximum Gasteiger partial charge on any atom is 0.323 e. The minimum Gasteiger partial charge on any atom is -0.338 e. The quantitative estimate of drug-likeness (QED) is 0.534. The highest BCUT2D eigenvalue weighted by Gasteiger charge is 2.05. The van der Waals surface area contributed by atoms with E-state index in [1.165, 1.54) is 0 Å². The van der Waals surface area contributed by atoms with Crippen molar-refractivity contribution in [2.75, 3.05) is 22.5 Å². The van der Waals surface area contributed by atoms with E-state index >= 15 is 0 Å². The Morgan fingerprint density at radius 3 is 2.04 bits per heavy atom. The SMILES string of the molecule is CC(C)CCCNC(=O)Nc1cccc(NC(=O)Nc2ccccc2)c1. The monoisotopic (exact) mass is 354 g/mol. The second-order valence-electron chi connectivity index (χ2n) is 6.44. The summed E-state index contributed by atoms with van der Waals surface area (Å²) in [4.78, 5) is 23.9. The molecule has 6 nitrogen and oxygen atoms in total. The predicted octanol–water partition coefficient (Wildman–Crippen LogP) is 4.89. The lowest BCUT2D eigenvalue weighted by Crippen LogP contribution is -2.29. The molecule has 0 saturated carbocycles. The zero-order chi connectivity index (χ0) is 18.8. The molecule has 4 amide bonds. The summed E-state index contributed by atoms with van der Waals surface area (Å²) in [6.45, 7) is 4.96. The van der Waals surface area contributed by atoms with Gasteiger partial charge in [0, 0.05) is 23.6 Å². The molecule has 0 spiro atoms. The molecule has 0 atom stereocenters. The molecule has 2 aromatic carbocycles. The topological polar surface area (TPSA) is 82.3 Å². The normalized spacial score (nSPS) is 10.3. The van der Waals surface area contributed by atoms with E-state index < -0.39 is 0 Å². The summed E-state index contributed by atoms with van der Waals surface area (Å²) in [6, 6.07) is 15.6. The Bertz CT molecular complexity index is 717. The zero-order valence-corrected chi connectivity index (χ0v) is 15.2. The number of benzene rings is 2. The van der Waals surface area contributed by atoms with Crippen molar-refractivity contribution in [1.29, 1.82) is 0 Å². The minimum absolute atomic E-state index is 0.250. The highest BCUT2D eigenvalue weighted by molar-refractivity contribution is 6.00. The van der Waals surface area contributed by atoms with Crippen molar-refractivity contribution in [2.45, 2.75) is 26.7 Å². The van der Waals surface area contributed by atoms with Crippen LogP contribution in [0.15, 0.2) is 54.6 Å². The molecule has 138 valence electrons. The molecule has 0 aliphatic heterocycles. The second kappa shape index (κ2) is 10.1. The number of rotatable bonds is 7. The van der Waals surface area contributed by atoms with Crippen LogP contribution in [0.25, 0.3) is 0 Å². The summed E-state index contributed by atoms with van der Waals surface area (Å²) in [5.74, 6) is 0.629. The van der Waals surface area contributed by atoms with Crippen LogP contribution in [-0.4, -0.2) is 18.6 Å². The first-order valence-electron chi connectivity index (χ1n) is 8.81. The molecule has 0 saturated heterocycles. The van der Waals surface area contributed by atoms with Gasteiger partial charge in [-0.3, -0.25) is 0 Å². The van der Waals surface area contributed by atoms with Crippen molar-refractivity contribution in [2.24, 2.45) is 5.92 Å². The Kier molecular flexibility index (Phi) is 7.49. The number of anilines is 3. The lowest BCUT2D eigenvalue weighted by molar-refractivity contribution is 0.251. The van der Waals surface area contributed by atoms with Crippen LogP contribution in [-0.2, 0) is 0 Å². The summed E-state index contributed by atoms with van der Waals surface area (Å²) in [7, 11) is 0. The number of carbonyl (C=O) groups excluding carboxylic acids is 2. The van der Waals surface area contributed by atoms with Crippen molar-refractivity contribution < 1.29 is 9.59 Å². The minimum atomic E-state index is -0.341. The molecule has 2 rings (SSSR count). The Morgan fingerprint density at radius 2 is 1.38 bits per heavy atom. The summed E-state index contributed by atoms with van der Waals surface area (Å²) < 4.78 is 0. The van der Waals surface area contributed by atoms with Crippen LogP contribution in [0.3, 0.4) is 0 Å². The van der Waals surface area contributed by atoms with Crippen molar-refractivity contribution >= 4 is 29.1 Å². The first-order chi connectivity index (χ1) is 12.5. The third-order valence-corrected chi connectivity index (χ3v) is 3.65. The van der Waals surface area contributed by atoms with Gasteiger partial charge in [-0.2, -0.15) is 0 Å². The van der Waals surface area contributed by atoms with Crippen molar-refractivity contribution in [3.8, 4) is 0 Å². The fourth-order valence-electron chi connectivity index (χ4n) is 2.38. The molecule has 0 aliphatic carbocycles. The molecule has 0 radical (unpaired) electrons. The van der Waals surface area contributed by atoms with Crippen LogP contribution in [0.1, 0.15) is 26.7 Å². The van der Waals surface area contributed by atoms with Crippen LogP contribution in [0.2, 0.25) is 0 Å². The molecule has 0 fully saturated rings. The van der Waals surface area contributed by atoms with E-state index in [0.29, 0.717) is 29.5 Å². The van der Waals surface area contributed by atoms with Crippen LogP contribution in [0.4, 0.5) is 26.7 Å². The van der Waals surface area contributed by atoms with Gasteiger partial charge in [0.2, 0.25) is 0 Å². The van der Waals surface area contributed by atoms with Gasteiger partial charge in [-0.1, -0.05) is 38.1 Å². The van der Waals surface area contributed by atoms with E-state index in [1.54, 1.807) is 36.4 Å². The Balaban J connectivity index is 1.81. The van der Waals surface area contributed by atoms with Gasteiger partial charge in [-0.15, -0.1) is 0 Å². The van der Waals surface area contributed by atoms with E-state index in [1.807, 2.05) is 18.2 Å². The van der Waals surface area contributed by atoms with Crippen molar-refractivity contribution in [3.63, 3.8) is 0 Å². The molecule has 0 aromatic heterocycles. The largest absolute Gasteiger partial charge is 0.338 e. The third-order valence-electron chi connectivity index (χ3n) is 3.65. The van der Waals surface area contributed by atoms with Gasteiger partial charge in [0.25, 0.3) is 0 Å². The summed E-state index contributed by atoms with van der Waals surface area (Å²) in [5.41, 5.74) is 1.92. The van der Waals surface area contributed by atoms with Crippen LogP contribution < -0.4 is 21.3 Å². The van der Waals surface area contributed by atoms with Crippen molar-refractivity contribution in [1.82, 2.24) is 5.32 Å². The first kappa shape index (κ1) is 19.3. The maximum absolute atomic E-state index is 12.0. The second-order valence-corrected chi connectivity index (χ2v) is 6.44. The van der Waals surface area contributed by atoms with Gasteiger partial charge in [0.15, 0.2) is 0 Å². The average molecular weight is 354 g/mol. The number of carbonyl (C=O) groups is 2. The van der Waals surface area contributed by atoms with E-state index in [-0.39, 0.29) is 12.1 Å². The summed E-state index contributed by atoms with van der Waals surface area (Å²) >= 11 is 0. The van der Waals surface area contributed by atoms with E-state index in [2.05, 4.69) is 35.1 Å². The summed E-state index contributed by atoms with van der Waals surface area (Å²) in [5, 5.41) is 11.1.